The lowest BCUT2D eigenvalue weighted by Gasteiger charge is -2.12. The molecular weight excluding hydrogens is 409 g/mol. The second-order valence-corrected chi connectivity index (χ2v) is 7.53. The summed E-state index contributed by atoms with van der Waals surface area (Å²) in [7, 11) is 0. The third-order valence-corrected chi connectivity index (χ3v) is 5.16. The Morgan fingerprint density at radius 2 is 1.97 bits per heavy atom. The molecule has 4 aromatic rings. The number of pyridine rings is 1. The van der Waals surface area contributed by atoms with Crippen molar-refractivity contribution in [3.05, 3.63) is 59.0 Å². The van der Waals surface area contributed by atoms with Gasteiger partial charge in [-0.25, -0.2) is 24.1 Å². The van der Waals surface area contributed by atoms with Crippen LogP contribution in [0.3, 0.4) is 0 Å². The van der Waals surface area contributed by atoms with Crippen LogP contribution in [0, 0.1) is 5.82 Å². The molecule has 2 aromatic heterocycles. The number of rotatable bonds is 5. The molecule has 1 aliphatic rings. The molecule has 3 N–H and O–H groups in total. The summed E-state index contributed by atoms with van der Waals surface area (Å²) in [6.07, 6.45) is 3.75. The van der Waals surface area contributed by atoms with Gasteiger partial charge in [0, 0.05) is 28.7 Å². The van der Waals surface area contributed by atoms with Crippen molar-refractivity contribution < 1.29 is 14.3 Å². The minimum Gasteiger partial charge on any atom is -0.478 e. The number of aromatic nitrogens is 3. The van der Waals surface area contributed by atoms with Crippen LogP contribution in [0.25, 0.3) is 21.8 Å². The predicted octanol–water partition coefficient (Wildman–Crippen LogP) is 4.99. The first-order chi connectivity index (χ1) is 14.5. The quantitative estimate of drug-likeness (QED) is 0.389. The smallest absolute Gasteiger partial charge is 0.335 e. The lowest BCUT2D eigenvalue weighted by Crippen LogP contribution is -2.07. The Morgan fingerprint density at radius 1 is 1.13 bits per heavy atom. The van der Waals surface area contributed by atoms with E-state index >= 15 is 0 Å². The number of fused-ring (bicyclic) bond motifs is 3. The molecule has 0 unspecified atom stereocenters. The summed E-state index contributed by atoms with van der Waals surface area (Å²) in [4.78, 5) is 24.9. The fourth-order valence-electron chi connectivity index (χ4n) is 3.20. The van der Waals surface area contributed by atoms with Crippen molar-refractivity contribution in [1.29, 1.82) is 0 Å². The normalized spacial score (nSPS) is 13.5. The predicted molar refractivity (Wildman–Crippen MR) is 113 cm³/mol. The van der Waals surface area contributed by atoms with E-state index < -0.39 is 11.8 Å². The molecule has 30 heavy (non-hydrogen) atoms. The molecular formula is C21H15ClFN5O2. The van der Waals surface area contributed by atoms with Crippen molar-refractivity contribution in [2.45, 2.75) is 18.9 Å². The van der Waals surface area contributed by atoms with Gasteiger partial charge in [-0.2, -0.15) is 0 Å². The summed E-state index contributed by atoms with van der Waals surface area (Å²) in [5.41, 5.74) is 1.89. The number of anilines is 3. The monoisotopic (exact) mass is 423 g/mol. The molecule has 150 valence electrons. The van der Waals surface area contributed by atoms with Crippen molar-refractivity contribution in [3.8, 4) is 0 Å². The van der Waals surface area contributed by atoms with Gasteiger partial charge in [0.1, 0.15) is 11.3 Å². The number of hydrogen-bond donors (Lipinski definition) is 3. The van der Waals surface area contributed by atoms with Gasteiger partial charge in [-0.05, 0) is 43.2 Å². The number of aromatic carboxylic acids is 1. The highest BCUT2D eigenvalue weighted by molar-refractivity contribution is 6.31. The van der Waals surface area contributed by atoms with Gasteiger partial charge in [-0.1, -0.05) is 17.7 Å². The lowest BCUT2D eigenvalue weighted by molar-refractivity contribution is 0.0697. The SMILES string of the molecule is O=C(O)c1ccc2c(c1)nc(NC1CC1)c1nc(Nc3ccc(F)c(Cl)c3)ncc12. The Morgan fingerprint density at radius 3 is 2.70 bits per heavy atom. The zero-order valence-electron chi connectivity index (χ0n) is 15.5. The summed E-state index contributed by atoms with van der Waals surface area (Å²) in [5.74, 6) is -0.629. The van der Waals surface area contributed by atoms with Crippen LogP contribution in [0.4, 0.5) is 21.8 Å². The maximum absolute atomic E-state index is 13.4. The Hall–Kier alpha value is -3.52. The van der Waals surface area contributed by atoms with E-state index in [-0.39, 0.29) is 10.6 Å². The maximum Gasteiger partial charge on any atom is 0.335 e. The van der Waals surface area contributed by atoms with Gasteiger partial charge >= 0.3 is 5.97 Å². The molecule has 1 fully saturated rings. The van der Waals surface area contributed by atoms with E-state index in [1.807, 2.05) is 0 Å². The van der Waals surface area contributed by atoms with Crippen molar-refractivity contribution in [2.24, 2.45) is 0 Å². The highest BCUT2D eigenvalue weighted by atomic mass is 35.5. The first-order valence-corrected chi connectivity index (χ1v) is 9.68. The molecule has 0 spiro atoms. The molecule has 1 saturated carbocycles. The Balaban J connectivity index is 1.63. The van der Waals surface area contributed by atoms with Crippen molar-refractivity contribution in [2.75, 3.05) is 10.6 Å². The van der Waals surface area contributed by atoms with E-state index in [2.05, 4.69) is 25.6 Å². The molecule has 1 aliphatic carbocycles. The van der Waals surface area contributed by atoms with E-state index in [1.54, 1.807) is 24.4 Å². The Kier molecular flexibility index (Phi) is 4.36. The van der Waals surface area contributed by atoms with Gasteiger partial charge in [0.25, 0.3) is 0 Å². The Labute approximate surface area is 174 Å². The van der Waals surface area contributed by atoms with E-state index in [0.717, 1.165) is 23.6 Å². The molecule has 0 saturated heterocycles. The van der Waals surface area contributed by atoms with Gasteiger partial charge in [0.2, 0.25) is 5.95 Å². The number of nitrogens with one attached hydrogen (secondary N) is 2. The highest BCUT2D eigenvalue weighted by Gasteiger charge is 2.23. The highest BCUT2D eigenvalue weighted by Crippen LogP contribution is 2.33. The second-order valence-electron chi connectivity index (χ2n) is 7.13. The van der Waals surface area contributed by atoms with Crippen LogP contribution in [-0.4, -0.2) is 32.1 Å². The molecule has 0 amide bonds. The fraction of sp³-hybridized carbons (Fsp3) is 0.143. The van der Waals surface area contributed by atoms with E-state index in [1.165, 1.54) is 18.2 Å². The first-order valence-electron chi connectivity index (χ1n) is 9.30. The van der Waals surface area contributed by atoms with Crippen LogP contribution in [-0.2, 0) is 0 Å². The van der Waals surface area contributed by atoms with Crippen LogP contribution in [0.1, 0.15) is 23.2 Å². The molecule has 0 radical (unpaired) electrons. The summed E-state index contributed by atoms with van der Waals surface area (Å²) in [6.45, 7) is 0. The van der Waals surface area contributed by atoms with Crippen LogP contribution >= 0.6 is 11.6 Å². The maximum atomic E-state index is 13.4. The van der Waals surface area contributed by atoms with Crippen molar-refractivity contribution in [3.63, 3.8) is 0 Å². The number of benzene rings is 2. The van der Waals surface area contributed by atoms with Crippen LogP contribution in [0.5, 0.6) is 0 Å². The number of carboxylic acids is 1. The molecule has 5 rings (SSSR count). The van der Waals surface area contributed by atoms with Gasteiger partial charge in [0.15, 0.2) is 5.82 Å². The molecule has 2 aromatic carbocycles. The second kappa shape index (κ2) is 7.07. The van der Waals surface area contributed by atoms with Crippen molar-refractivity contribution >= 4 is 56.8 Å². The zero-order chi connectivity index (χ0) is 20.8. The van der Waals surface area contributed by atoms with Crippen molar-refractivity contribution in [1.82, 2.24) is 15.0 Å². The third-order valence-electron chi connectivity index (χ3n) is 4.87. The summed E-state index contributed by atoms with van der Waals surface area (Å²) in [5, 5.41) is 17.2. The van der Waals surface area contributed by atoms with Gasteiger partial charge in [-0.3, -0.25) is 0 Å². The molecule has 2 heterocycles. The number of nitrogens with zero attached hydrogens (tertiary/aromatic N) is 3. The number of carboxylic acid groups (broad SMARTS) is 1. The van der Waals surface area contributed by atoms with E-state index in [9.17, 15) is 14.3 Å². The average Bonchev–Trinajstić information content (AvgIpc) is 3.54. The minimum atomic E-state index is -1.01. The fourth-order valence-corrected chi connectivity index (χ4v) is 3.38. The van der Waals surface area contributed by atoms with Gasteiger partial charge in [-0.15, -0.1) is 0 Å². The number of hydrogen-bond acceptors (Lipinski definition) is 6. The molecule has 9 heteroatoms. The minimum absolute atomic E-state index is 0.00114. The standard InChI is InChI=1S/C21H15ClFN5O2/c22-15-8-12(4-6-16(15)23)26-21-24-9-14-13-5-1-10(20(29)30)7-17(13)27-19(18(14)28-21)25-11-2-3-11/h1,4-9,11H,2-3H2,(H,25,27)(H,29,30)(H,24,26,28). The van der Waals surface area contributed by atoms with E-state index in [0.29, 0.717) is 34.5 Å². The third kappa shape index (κ3) is 3.46. The Bertz CT molecular complexity index is 1330. The summed E-state index contributed by atoms with van der Waals surface area (Å²) < 4.78 is 13.4. The van der Waals surface area contributed by atoms with Crippen LogP contribution < -0.4 is 10.6 Å². The first kappa shape index (κ1) is 18.5. The molecule has 0 bridgehead atoms. The average molecular weight is 424 g/mol. The lowest BCUT2D eigenvalue weighted by atomic mass is 10.1. The molecule has 0 atom stereocenters. The molecule has 7 nitrogen and oxygen atoms in total. The summed E-state index contributed by atoms with van der Waals surface area (Å²) >= 11 is 5.85. The van der Waals surface area contributed by atoms with Crippen LogP contribution in [0.15, 0.2) is 42.6 Å². The zero-order valence-corrected chi connectivity index (χ0v) is 16.2. The van der Waals surface area contributed by atoms with Gasteiger partial charge in [0.05, 0.1) is 16.1 Å². The number of carbonyl (C=O) groups is 1. The molecule has 0 aliphatic heterocycles. The largest absolute Gasteiger partial charge is 0.478 e. The van der Waals surface area contributed by atoms with Gasteiger partial charge < -0.3 is 15.7 Å². The summed E-state index contributed by atoms with van der Waals surface area (Å²) in [6, 6.07) is 9.38. The van der Waals surface area contributed by atoms with E-state index in [4.69, 9.17) is 11.6 Å². The number of halogens is 2. The van der Waals surface area contributed by atoms with Crippen LogP contribution in [0.2, 0.25) is 5.02 Å². The topological polar surface area (TPSA) is 100 Å².